The molecule has 0 aliphatic rings. The maximum absolute atomic E-state index is 12.9. The van der Waals surface area contributed by atoms with Gasteiger partial charge in [0.15, 0.2) is 6.10 Å². The number of carbonyl (C=O) groups excluding carboxylic acids is 3. The first-order chi connectivity index (χ1) is 15.6. The number of anilines is 2. The van der Waals surface area contributed by atoms with Crippen LogP contribution in [-0.2, 0) is 14.3 Å². The number of amides is 2. The summed E-state index contributed by atoms with van der Waals surface area (Å²) in [5.74, 6) is -0.618. The van der Waals surface area contributed by atoms with Crippen LogP contribution < -0.4 is 15.4 Å². The van der Waals surface area contributed by atoms with Gasteiger partial charge >= 0.3 is 5.97 Å². The molecule has 0 fully saturated rings. The zero-order valence-electron chi connectivity index (χ0n) is 19.6. The molecular formula is C25H28N2O5S. The Morgan fingerprint density at radius 3 is 2.27 bits per heavy atom. The molecule has 0 bridgehead atoms. The fourth-order valence-corrected chi connectivity index (χ4v) is 4.78. The first kappa shape index (κ1) is 24.3. The Labute approximate surface area is 197 Å². The first-order valence-corrected chi connectivity index (χ1v) is 11.5. The summed E-state index contributed by atoms with van der Waals surface area (Å²) in [6.07, 6.45) is -0.800. The SMILES string of the molecule is CCOC(=O)c1c(NC(C)=O)sc2c(OC(C)C(=O)Nc3c(C)cccc3C)c(C)ccc12. The predicted octanol–water partition coefficient (Wildman–Crippen LogP) is 5.37. The zero-order chi connectivity index (χ0) is 24.3. The smallest absolute Gasteiger partial charge is 0.341 e. The number of hydrogen-bond acceptors (Lipinski definition) is 6. The molecule has 0 aliphatic carbocycles. The summed E-state index contributed by atoms with van der Waals surface area (Å²) in [6, 6.07) is 9.43. The molecule has 0 saturated heterocycles. The molecule has 7 nitrogen and oxygen atoms in total. The van der Waals surface area contributed by atoms with Crippen LogP contribution in [0.25, 0.3) is 10.1 Å². The van der Waals surface area contributed by atoms with Crippen LogP contribution in [0.5, 0.6) is 5.75 Å². The van der Waals surface area contributed by atoms with Crippen molar-refractivity contribution < 1.29 is 23.9 Å². The number of carbonyl (C=O) groups is 3. The van der Waals surface area contributed by atoms with Crippen LogP contribution in [0, 0.1) is 20.8 Å². The summed E-state index contributed by atoms with van der Waals surface area (Å²) in [7, 11) is 0. The minimum absolute atomic E-state index is 0.209. The van der Waals surface area contributed by atoms with E-state index in [9.17, 15) is 14.4 Å². The molecular weight excluding hydrogens is 440 g/mol. The topological polar surface area (TPSA) is 93.7 Å². The number of hydrogen-bond donors (Lipinski definition) is 2. The number of thiophene rings is 1. The van der Waals surface area contributed by atoms with Crippen molar-refractivity contribution in [1.29, 1.82) is 0 Å². The van der Waals surface area contributed by atoms with Crippen molar-refractivity contribution in [3.05, 3.63) is 52.6 Å². The van der Waals surface area contributed by atoms with Crippen molar-refractivity contribution >= 4 is 49.9 Å². The van der Waals surface area contributed by atoms with Gasteiger partial charge in [-0.25, -0.2) is 4.79 Å². The van der Waals surface area contributed by atoms with Crippen molar-refractivity contribution in [2.24, 2.45) is 0 Å². The van der Waals surface area contributed by atoms with Crippen molar-refractivity contribution in [2.75, 3.05) is 17.2 Å². The maximum atomic E-state index is 12.9. The van der Waals surface area contributed by atoms with Gasteiger partial charge in [0.1, 0.15) is 16.3 Å². The molecule has 1 aromatic heterocycles. The normalized spacial score (nSPS) is 11.7. The monoisotopic (exact) mass is 468 g/mol. The van der Waals surface area contributed by atoms with Gasteiger partial charge in [-0.3, -0.25) is 9.59 Å². The fourth-order valence-electron chi connectivity index (χ4n) is 3.50. The maximum Gasteiger partial charge on any atom is 0.341 e. The highest BCUT2D eigenvalue weighted by Gasteiger charge is 2.26. The number of benzene rings is 2. The van der Waals surface area contributed by atoms with Gasteiger partial charge in [0.05, 0.1) is 11.3 Å². The molecule has 1 heterocycles. The summed E-state index contributed by atoms with van der Waals surface area (Å²) in [4.78, 5) is 37.3. The van der Waals surface area contributed by atoms with Crippen LogP contribution in [0.3, 0.4) is 0 Å². The molecule has 33 heavy (non-hydrogen) atoms. The number of ether oxygens (including phenoxy) is 2. The van der Waals surface area contributed by atoms with Gasteiger partial charge in [-0.1, -0.05) is 30.3 Å². The van der Waals surface area contributed by atoms with E-state index in [1.807, 2.05) is 45.0 Å². The summed E-state index contributed by atoms with van der Waals surface area (Å²) in [5, 5.41) is 6.66. The summed E-state index contributed by atoms with van der Waals surface area (Å²) < 4.78 is 12.0. The van der Waals surface area contributed by atoms with Gasteiger partial charge in [-0.2, -0.15) is 0 Å². The predicted molar refractivity (Wildman–Crippen MR) is 131 cm³/mol. The van der Waals surface area contributed by atoms with E-state index < -0.39 is 12.1 Å². The third kappa shape index (κ3) is 5.17. The summed E-state index contributed by atoms with van der Waals surface area (Å²) in [6.45, 7) is 10.7. The third-order valence-electron chi connectivity index (χ3n) is 5.17. The zero-order valence-corrected chi connectivity index (χ0v) is 20.4. The Bertz CT molecular complexity index is 1210. The molecule has 3 aromatic rings. The van der Waals surface area contributed by atoms with E-state index in [0.29, 0.717) is 20.8 Å². The number of fused-ring (bicyclic) bond motifs is 1. The van der Waals surface area contributed by atoms with Gasteiger partial charge < -0.3 is 20.1 Å². The van der Waals surface area contributed by atoms with E-state index >= 15 is 0 Å². The minimum Gasteiger partial charge on any atom is -0.479 e. The molecule has 2 aromatic carbocycles. The van der Waals surface area contributed by atoms with E-state index in [-0.39, 0.29) is 24.0 Å². The van der Waals surface area contributed by atoms with Crippen molar-refractivity contribution in [1.82, 2.24) is 0 Å². The van der Waals surface area contributed by atoms with E-state index in [0.717, 1.165) is 22.4 Å². The second-order valence-electron chi connectivity index (χ2n) is 7.81. The second kappa shape index (κ2) is 10.0. The lowest BCUT2D eigenvalue weighted by Gasteiger charge is -2.18. The Kier molecular flexibility index (Phi) is 7.38. The van der Waals surface area contributed by atoms with E-state index in [2.05, 4.69) is 10.6 Å². The number of esters is 1. The lowest BCUT2D eigenvalue weighted by atomic mass is 10.1. The van der Waals surface area contributed by atoms with Gasteiger partial charge in [0, 0.05) is 18.0 Å². The molecule has 174 valence electrons. The lowest BCUT2D eigenvalue weighted by molar-refractivity contribution is -0.122. The molecule has 0 spiro atoms. The Balaban J connectivity index is 1.98. The molecule has 0 aliphatic heterocycles. The van der Waals surface area contributed by atoms with Crippen molar-refractivity contribution in [3.63, 3.8) is 0 Å². The summed E-state index contributed by atoms with van der Waals surface area (Å²) >= 11 is 1.22. The van der Waals surface area contributed by atoms with Crippen LogP contribution in [0.1, 0.15) is 47.8 Å². The van der Waals surface area contributed by atoms with Gasteiger partial charge in [0.2, 0.25) is 5.91 Å². The van der Waals surface area contributed by atoms with Crippen LogP contribution >= 0.6 is 11.3 Å². The number of para-hydroxylation sites is 1. The Morgan fingerprint density at radius 2 is 1.67 bits per heavy atom. The molecule has 2 N–H and O–H groups in total. The van der Waals surface area contributed by atoms with Gasteiger partial charge in [0.25, 0.3) is 5.91 Å². The van der Waals surface area contributed by atoms with Crippen molar-refractivity contribution in [2.45, 2.75) is 47.6 Å². The highest BCUT2D eigenvalue weighted by molar-refractivity contribution is 7.24. The lowest BCUT2D eigenvalue weighted by Crippen LogP contribution is -2.30. The van der Waals surface area contributed by atoms with Crippen LogP contribution in [0.15, 0.2) is 30.3 Å². The van der Waals surface area contributed by atoms with Crippen molar-refractivity contribution in [3.8, 4) is 5.75 Å². The number of rotatable bonds is 7. The second-order valence-corrected chi connectivity index (χ2v) is 8.83. The molecule has 2 amide bonds. The largest absolute Gasteiger partial charge is 0.479 e. The average Bonchev–Trinajstić information content (AvgIpc) is 3.10. The van der Waals surface area contributed by atoms with Crippen LogP contribution in [0.2, 0.25) is 0 Å². The molecule has 8 heteroatoms. The highest BCUT2D eigenvalue weighted by Crippen LogP contribution is 2.43. The highest BCUT2D eigenvalue weighted by atomic mass is 32.1. The van der Waals surface area contributed by atoms with Gasteiger partial charge in [-0.15, -0.1) is 11.3 Å². The molecule has 3 rings (SSSR count). The van der Waals surface area contributed by atoms with Crippen LogP contribution in [-0.4, -0.2) is 30.5 Å². The Hall–Kier alpha value is -3.39. The third-order valence-corrected chi connectivity index (χ3v) is 6.29. The molecule has 1 unspecified atom stereocenters. The fraction of sp³-hybridized carbons (Fsp3) is 0.320. The average molecular weight is 469 g/mol. The molecule has 1 atom stereocenters. The standard InChI is InChI=1S/C25H28N2O5S/c1-7-31-25(30)19-18-12-11-15(4)21(22(18)33-24(19)26-17(6)28)32-16(5)23(29)27-20-13(2)9-8-10-14(20)3/h8-12,16H,7H2,1-6H3,(H,26,28)(H,27,29). The minimum atomic E-state index is -0.800. The summed E-state index contributed by atoms with van der Waals surface area (Å²) in [5.41, 5.74) is 3.78. The molecule has 0 radical (unpaired) electrons. The van der Waals surface area contributed by atoms with E-state index in [4.69, 9.17) is 9.47 Å². The number of nitrogens with one attached hydrogen (secondary N) is 2. The molecule has 0 saturated carbocycles. The Morgan fingerprint density at radius 1 is 1.00 bits per heavy atom. The van der Waals surface area contributed by atoms with E-state index in [1.54, 1.807) is 19.9 Å². The number of aryl methyl sites for hydroxylation is 3. The van der Waals surface area contributed by atoms with Crippen LogP contribution in [0.4, 0.5) is 10.7 Å². The first-order valence-electron chi connectivity index (χ1n) is 10.7. The van der Waals surface area contributed by atoms with Gasteiger partial charge in [-0.05, 0) is 51.3 Å². The quantitative estimate of drug-likeness (QED) is 0.455. The van der Waals surface area contributed by atoms with E-state index in [1.165, 1.54) is 18.3 Å².